The van der Waals surface area contributed by atoms with Crippen LogP contribution in [0.3, 0.4) is 0 Å². The van der Waals surface area contributed by atoms with E-state index < -0.39 is 0 Å². The predicted octanol–water partition coefficient (Wildman–Crippen LogP) is 2.99. The molecule has 0 aliphatic carbocycles. The molecule has 0 fully saturated rings. The highest BCUT2D eigenvalue weighted by atomic mass is 16.3. The van der Waals surface area contributed by atoms with Gasteiger partial charge in [-0.1, -0.05) is 13.0 Å². The van der Waals surface area contributed by atoms with Crippen molar-refractivity contribution in [2.75, 3.05) is 0 Å². The molecule has 0 amide bonds. The first-order valence-electron chi connectivity index (χ1n) is 4.16. The van der Waals surface area contributed by atoms with Crippen molar-refractivity contribution < 1.29 is 4.79 Å². The SMILES string of the molecule is CCC(=O)c1ccc(C)cc1N=O. The van der Waals surface area contributed by atoms with Crippen LogP contribution < -0.4 is 0 Å². The number of nitrogens with zero attached hydrogens (tertiary/aromatic N) is 1. The average Bonchev–Trinajstić information content (AvgIpc) is 2.16. The first-order chi connectivity index (χ1) is 6.19. The van der Waals surface area contributed by atoms with E-state index in [-0.39, 0.29) is 11.5 Å². The Labute approximate surface area is 76.7 Å². The van der Waals surface area contributed by atoms with Gasteiger partial charge >= 0.3 is 0 Å². The second-order valence-corrected chi connectivity index (χ2v) is 2.89. The molecule has 0 saturated carbocycles. The summed E-state index contributed by atoms with van der Waals surface area (Å²) in [5.74, 6) is -0.0467. The Balaban J connectivity index is 3.20. The molecule has 0 unspecified atom stereocenters. The lowest BCUT2D eigenvalue weighted by Crippen LogP contribution is -1.96. The third-order valence-corrected chi connectivity index (χ3v) is 1.87. The van der Waals surface area contributed by atoms with E-state index in [0.29, 0.717) is 12.0 Å². The molecule has 68 valence electrons. The van der Waals surface area contributed by atoms with Crippen LogP contribution in [0.2, 0.25) is 0 Å². The highest BCUT2D eigenvalue weighted by Crippen LogP contribution is 2.21. The zero-order chi connectivity index (χ0) is 9.84. The highest BCUT2D eigenvalue weighted by molar-refractivity contribution is 6.00. The third kappa shape index (κ3) is 1.99. The molecular weight excluding hydrogens is 166 g/mol. The summed E-state index contributed by atoms with van der Waals surface area (Å²) in [4.78, 5) is 21.7. The summed E-state index contributed by atoms with van der Waals surface area (Å²) in [6, 6.07) is 5.07. The first-order valence-corrected chi connectivity index (χ1v) is 4.16. The van der Waals surface area contributed by atoms with E-state index in [2.05, 4.69) is 5.18 Å². The molecule has 1 rings (SSSR count). The molecule has 1 aromatic carbocycles. The van der Waals surface area contributed by atoms with E-state index in [9.17, 15) is 9.70 Å². The van der Waals surface area contributed by atoms with Gasteiger partial charge in [0.1, 0.15) is 5.69 Å². The largest absolute Gasteiger partial charge is 0.294 e. The molecule has 0 spiro atoms. The number of ketones is 1. The molecule has 0 aromatic heterocycles. The highest BCUT2D eigenvalue weighted by Gasteiger charge is 2.09. The third-order valence-electron chi connectivity index (χ3n) is 1.87. The van der Waals surface area contributed by atoms with Crippen LogP contribution in [0, 0.1) is 11.8 Å². The molecule has 3 nitrogen and oxygen atoms in total. The van der Waals surface area contributed by atoms with Crippen molar-refractivity contribution in [3.8, 4) is 0 Å². The van der Waals surface area contributed by atoms with Gasteiger partial charge in [-0.15, -0.1) is 4.91 Å². The fourth-order valence-electron chi connectivity index (χ4n) is 1.14. The Morgan fingerprint density at radius 2 is 2.15 bits per heavy atom. The maximum absolute atomic E-state index is 11.3. The number of hydrogen-bond donors (Lipinski definition) is 0. The number of nitroso groups, excluding NO2 is 1. The lowest BCUT2D eigenvalue weighted by atomic mass is 10.0. The van der Waals surface area contributed by atoms with E-state index >= 15 is 0 Å². The lowest BCUT2D eigenvalue weighted by molar-refractivity contribution is 0.0989. The Kier molecular flexibility index (Phi) is 2.90. The molecule has 13 heavy (non-hydrogen) atoms. The average molecular weight is 177 g/mol. The summed E-state index contributed by atoms with van der Waals surface area (Å²) in [5, 5.41) is 2.83. The molecule has 3 heteroatoms. The summed E-state index contributed by atoms with van der Waals surface area (Å²) in [7, 11) is 0. The minimum absolute atomic E-state index is 0.0467. The van der Waals surface area contributed by atoms with Gasteiger partial charge in [-0.2, -0.15) is 0 Å². The Hall–Kier alpha value is -1.51. The fraction of sp³-hybridized carbons (Fsp3) is 0.300. The maximum atomic E-state index is 11.3. The molecule has 0 aliphatic heterocycles. The van der Waals surface area contributed by atoms with Crippen molar-refractivity contribution in [2.45, 2.75) is 20.3 Å². The second-order valence-electron chi connectivity index (χ2n) is 2.89. The topological polar surface area (TPSA) is 46.5 Å². The van der Waals surface area contributed by atoms with Crippen LogP contribution in [-0.4, -0.2) is 5.78 Å². The first kappa shape index (κ1) is 9.58. The van der Waals surface area contributed by atoms with Crippen molar-refractivity contribution in [2.24, 2.45) is 5.18 Å². The minimum Gasteiger partial charge on any atom is -0.294 e. The van der Waals surface area contributed by atoms with Gasteiger partial charge in [0, 0.05) is 12.0 Å². The summed E-state index contributed by atoms with van der Waals surface area (Å²) in [6.07, 6.45) is 0.394. The van der Waals surface area contributed by atoms with Crippen molar-refractivity contribution >= 4 is 11.5 Å². The lowest BCUT2D eigenvalue weighted by Gasteiger charge is -2.01. The second kappa shape index (κ2) is 3.94. The number of carbonyl (C=O) groups excluding carboxylic acids is 1. The number of benzene rings is 1. The summed E-state index contributed by atoms with van der Waals surface area (Å²) in [6.45, 7) is 3.62. The molecular formula is C10H11NO2. The predicted molar refractivity (Wildman–Crippen MR) is 51.3 cm³/mol. The number of aryl methyl sites for hydroxylation is 1. The van der Waals surface area contributed by atoms with E-state index in [1.807, 2.05) is 6.92 Å². The summed E-state index contributed by atoms with van der Waals surface area (Å²) in [5.41, 5.74) is 1.59. The molecule has 0 aliphatic rings. The molecule has 0 saturated heterocycles. The van der Waals surface area contributed by atoms with Crippen LogP contribution in [-0.2, 0) is 0 Å². The Morgan fingerprint density at radius 3 is 2.69 bits per heavy atom. The van der Waals surface area contributed by atoms with Crippen LogP contribution >= 0.6 is 0 Å². The van der Waals surface area contributed by atoms with Gasteiger partial charge < -0.3 is 0 Å². The normalized spacial score (nSPS) is 9.69. The quantitative estimate of drug-likeness (QED) is 0.526. The smallest absolute Gasteiger partial charge is 0.164 e. The van der Waals surface area contributed by atoms with E-state index in [0.717, 1.165) is 5.56 Å². The van der Waals surface area contributed by atoms with E-state index in [1.165, 1.54) is 0 Å². The van der Waals surface area contributed by atoms with Gasteiger partial charge in [-0.3, -0.25) is 4.79 Å². The Morgan fingerprint density at radius 1 is 1.46 bits per heavy atom. The van der Waals surface area contributed by atoms with Crippen molar-refractivity contribution in [1.29, 1.82) is 0 Å². The zero-order valence-electron chi connectivity index (χ0n) is 7.70. The molecule has 1 aromatic rings. The maximum Gasteiger partial charge on any atom is 0.164 e. The number of carbonyl (C=O) groups is 1. The van der Waals surface area contributed by atoms with E-state index in [1.54, 1.807) is 25.1 Å². The van der Waals surface area contributed by atoms with Gasteiger partial charge in [0.25, 0.3) is 0 Å². The molecule has 0 N–H and O–H groups in total. The zero-order valence-corrected chi connectivity index (χ0v) is 7.70. The standard InChI is InChI=1S/C10H11NO2/c1-3-10(12)8-5-4-7(2)6-9(8)11-13/h4-6H,3H2,1-2H3. The van der Waals surface area contributed by atoms with Crippen LogP contribution in [0.15, 0.2) is 23.4 Å². The number of Topliss-reactive ketones (excluding diaryl/α,β-unsaturated/α-hetero) is 1. The monoisotopic (exact) mass is 177 g/mol. The van der Waals surface area contributed by atoms with Crippen molar-refractivity contribution in [3.05, 3.63) is 34.2 Å². The van der Waals surface area contributed by atoms with E-state index in [4.69, 9.17) is 0 Å². The van der Waals surface area contributed by atoms with Crippen LogP contribution in [0.25, 0.3) is 0 Å². The van der Waals surface area contributed by atoms with Gasteiger partial charge in [0.15, 0.2) is 5.78 Å². The fourth-order valence-corrected chi connectivity index (χ4v) is 1.14. The molecule has 0 radical (unpaired) electrons. The van der Waals surface area contributed by atoms with Gasteiger partial charge in [0.2, 0.25) is 0 Å². The molecule has 0 bridgehead atoms. The number of rotatable bonds is 3. The van der Waals surface area contributed by atoms with Crippen molar-refractivity contribution in [3.63, 3.8) is 0 Å². The van der Waals surface area contributed by atoms with Gasteiger partial charge in [-0.05, 0) is 29.8 Å². The van der Waals surface area contributed by atoms with Crippen LogP contribution in [0.4, 0.5) is 5.69 Å². The summed E-state index contributed by atoms with van der Waals surface area (Å²) < 4.78 is 0. The van der Waals surface area contributed by atoms with Gasteiger partial charge in [0.05, 0.1) is 0 Å². The minimum atomic E-state index is -0.0467. The molecule has 0 atom stereocenters. The Bertz CT molecular complexity index is 345. The molecule has 0 heterocycles. The summed E-state index contributed by atoms with van der Waals surface area (Å²) >= 11 is 0. The van der Waals surface area contributed by atoms with Crippen LogP contribution in [0.1, 0.15) is 29.3 Å². The van der Waals surface area contributed by atoms with Crippen molar-refractivity contribution in [1.82, 2.24) is 0 Å². The van der Waals surface area contributed by atoms with Crippen LogP contribution in [0.5, 0.6) is 0 Å². The number of hydrogen-bond acceptors (Lipinski definition) is 3. The van der Waals surface area contributed by atoms with Gasteiger partial charge in [-0.25, -0.2) is 0 Å².